The molecule has 20 N–H and O–H groups in total. The van der Waals surface area contributed by atoms with E-state index in [0.717, 1.165) is 57.8 Å². The number of aliphatic hydroxyl groups excluding tert-OH is 2. The highest BCUT2D eigenvalue weighted by molar-refractivity contribution is 5.99. The maximum atomic E-state index is 14.8. The number of benzene rings is 1. The van der Waals surface area contributed by atoms with Crippen LogP contribution in [0.5, 0.6) is 0 Å². The largest absolute Gasteiger partial charge is 0.393 e. The third kappa shape index (κ3) is 38.5. The number of carbonyl (C=O) groups is 14. The van der Waals surface area contributed by atoms with Gasteiger partial charge in [-0.2, -0.15) is 0 Å². The van der Waals surface area contributed by atoms with Gasteiger partial charge in [0.25, 0.3) is 0 Å². The van der Waals surface area contributed by atoms with E-state index in [1.807, 2.05) is 13.8 Å². The summed E-state index contributed by atoms with van der Waals surface area (Å²) in [6, 6.07) is 0.794. The van der Waals surface area contributed by atoms with E-state index in [9.17, 15) is 77.3 Å². The fourth-order valence-electron chi connectivity index (χ4n) is 13.0. The van der Waals surface area contributed by atoms with Gasteiger partial charge in [0.1, 0.15) is 23.7 Å². The van der Waals surface area contributed by atoms with Crippen LogP contribution in [-0.4, -0.2) is 186 Å². The molecule has 1 aromatic carbocycles. The number of Topliss-reactive ketones (excluding diaryl/α,β-unsaturated/α-hetero) is 6. The molecule has 0 spiro atoms. The van der Waals surface area contributed by atoms with Gasteiger partial charge in [0.15, 0.2) is 23.1 Å². The second kappa shape index (κ2) is 54.3. The van der Waals surface area contributed by atoms with Crippen molar-refractivity contribution < 1.29 is 77.3 Å². The molecular formula is C77H131N13O16. The fourth-order valence-corrected chi connectivity index (χ4v) is 13.0. The van der Waals surface area contributed by atoms with Crippen LogP contribution in [0.25, 0.3) is 0 Å². The number of nitrogens with two attached hydrogens (primary N) is 5. The van der Waals surface area contributed by atoms with Gasteiger partial charge in [-0.25, -0.2) is 0 Å². The van der Waals surface area contributed by atoms with Crippen LogP contribution in [0.3, 0.4) is 0 Å². The number of carbonyl (C=O) groups excluding carboxylic acids is 14. The summed E-state index contributed by atoms with van der Waals surface area (Å²) in [5, 5.41) is 44.0. The van der Waals surface area contributed by atoms with E-state index in [-0.39, 0.29) is 127 Å². The summed E-state index contributed by atoms with van der Waals surface area (Å²) in [6.45, 7) is 9.31. The molecule has 0 aliphatic carbocycles. The van der Waals surface area contributed by atoms with Crippen LogP contribution in [0, 0.1) is 35.5 Å². The first-order valence-corrected chi connectivity index (χ1v) is 38.9. The fraction of sp³-hybridized carbons (Fsp3) is 0.740. The molecule has 8 amide bonds. The third-order valence-corrected chi connectivity index (χ3v) is 19.4. The van der Waals surface area contributed by atoms with Gasteiger partial charge >= 0.3 is 0 Å². The first kappa shape index (κ1) is 94.8. The highest BCUT2D eigenvalue weighted by Gasteiger charge is 2.39. The summed E-state index contributed by atoms with van der Waals surface area (Å²) in [5.74, 6) is -14.8. The minimum absolute atomic E-state index is 0.00923. The SMILES string of the molecule is CCCCCCCC[C@H](CC(=O)CCCCCNC(=O)CCCCCCC(C)=O)C(=O)N[C@@H](CCN)C(=O)C[C@H](C(=O)N[C@@H](CCN)C(=O)C[C@H]1CCNC(=O)[C@H]([C@@H](C)O)CC(=O)[C@H](CCN)NC(=O)[C@H](CCN)NC(=O)[C@H](CC(C)C)NC(=O)[C@@H](Cc2ccccc2)CC(=O)[C@H](CCN)NC1=O)[C@@H](C)O. The standard InChI is InChI=1S/C77H131N13O16/c1-7-8-9-10-11-19-26-54(44-57(94)27-20-15-22-40-83-70(99)28-21-13-12-16-23-50(4)91)71(100)86-62(31-37-80)69(98)48-59(52(6)93)75(104)87-61(30-36-79)66(95)45-55-34-41-84-74(103)58(51(5)92)47-68(97)63(32-38-81)88-76(105)64(33-39-82)89-77(106)65(42-49(2)3)90-73(102)56(43-53-24-17-14-18-25-53)46-67(96)60(29-35-78)85-72(55)101/h14,17-18,24-25,49,51-52,54-56,58-65,92-93H,7-13,15-16,19-23,26-48,78-82H2,1-6H3,(H,83,99)(H,84,103)(H,85,101)(H,86,100)(H,87,104)(H,88,105)(H,89,106)(H,90,102)/t51-,52-,54-,55-,56+,58+,59+,60+,61+,62+,63+,64+,65+/m1/s1. The molecule has 0 unspecified atom stereocenters. The molecule has 1 heterocycles. The van der Waals surface area contributed by atoms with Crippen LogP contribution in [0.2, 0.25) is 0 Å². The van der Waals surface area contributed by atoms with E-state index in [0.29, 0.717) is 57.1 Å². The first-order chi connectivity index (χ1) is 50.5. The van der Waals surface area contributed by atoms with Crippen molar-refractivity contribution >= 4 is 82.0 Å². The average Bonchev–Trinajstić information content (AvgIpc) is 0.888. The molecule has 0 saturated carbocycles. The Labute approximate surface area is 627 Å². The van der Waals surface area contributed by atoms with Gasteiger partial charge in [0, 0.05) is 82.2 Å². The Bertz CT molecular complexity index is 2900. The quantitative estimate of drug-likeness (QED) is 0.0417. The van der Waals surface area contributed by atoms with Gasteiger partial charge < -0.3 is 86.2 Å². The van der Waals surface area contributed by atoms with Crippen molar-refractivity contribution in [2.75, 3.05) is 45.8 Å². The number of hydrogen-bond donors (Lipinski definition) is 15. The molecule has 2 rings (SSSR count). The molecule has 29 nitrogen and oxygen atoms in total. The number of nitrogens with one attached hydrogen (secondary N) is 8. The van der Waals surface area contributed by atoms with Crippen molar-refractivity contribution in [2.45, 2.75) is 283 Å². The van der Waals surface area contributed by atoms with Gasteiger partial charge in [0.05, 0.1) is 48.2 Å². The molecule has 29 heteroatoms. The van der Waals surface area contributed by atoms with Crippen LogP contribution >= 0.6 is 0 Å². The summed E-state index contributed by atoms with van der Waals surface area (Å²) < 4.78 is 0. The van der Waals surface area contributed by atoms with Crippen LogP contribution in [0.15, 0.2) is 30.3 Å². The Hall–Kier alpha value is -7.28. The summed E-state index contributed by atoms with van der Waals surface area (Å²) in [6.07, 6.45) is 5.86. The summed E-state index contributed by atoms with van der Waals surface area (Å²) in [4.78, 5) is 195. The maximum absolute atomic E-state index is 14.8. The van der Waals surface area contributed by atoms with Crippen molar-refractivity contribution in [3.63, 3.8) is 0 Å². The zero-order valence-electron chi connectivity index (χ0n) is 64.1. The molecule has 1 aliphatic rings. The van der Waals surface area contributed by atoms with Crippen molar-refractivity contribution in [3.05, 3.63) is 35.9 Å². The van der Waals surface area contributed by atoms with Crippen LogP contribution in [0.1, 0.15) is 233 Å². The molecule has 106 heavy (non-hydrogen) atoms. The maximum Gasteiger partial charge on any atom is 0.243 e. The molecular weight excluding hydrogens is 1360 g/mol. The van der Waals surface area contributed by atoms with Gasteiger partial charge in [0.2, 0.25) is 47.3 Å². The molecule has 0 aromatic heterocycles. The molecule has 1 aliphatic heterocycles. The average molecular weight is 1490 g/mol. The topological polar surface area (TPSA) is 506 Å². The van der Waals surface area contributed by atoms with Crippen LogP contribution in [-0.2, 0) is 73.5 Å². The van der Waals surface area contributed by atoms with E-state index in [4.69, 9.17) is 28.7 Å². The Balaban J connectivity index is 2.54. The van der Waals surface area contributed by atoms with Crippen molar-refractivity contribution in [2.24, 2.45) is 64.2 Å². The van der Waals surface area contributed by atoms with E-state index in [1.54, 1.807) is 37.3 Å². The van der Waals surface area contributed by atoms with Gasteiger partial charge in [-0.15, -0.1) is 0 Å². The molecule has 0 bridgehead atoms. The second-order valence-corrected chi connectivity index (χ2v) is 29.2. The Morgan fingerprint density at radius 2 is 1.06 bits per heavy atom. The van der Waals surface area contributed by atoms with Gasteiger partial charge in [-0.3, -0.25) is 62.3 Å². The zero-order chi connectivity index (χ0) is 79.1. The van der Waals surface area contributed by atoms with Gasteiger partial charge in [-0.05, 0) is 148 Å². The molecule has 600 valence electrons. The highest BCUT2D eigenvalue weighted by atomic mass is 16.3. The van der Waals surface area contributed by atoms with E-state index in [1.165, 1.54) is 13.8 Å². The Kier molecular flexibility index (Phi) is 48.6. The molecule has 13 atom stereocenters. The second-order valence-electron chi connectivity index (χ2n) is 29.2. The Morgan fingerprint density at radius 3 is 1.65 bits per heavy atom. The number of amides is 8. The predicted molar refractivity (Wildman–Crippen MR) is 404 cm³/mol. The molecule has 1 saturated heterocycles. The lowest BCUT2D eigenvalue weighted by Gasteiger charge is -2.28. The van der Waals surface area contributed by atoms with Crippen LogP contribution in [0.4, 0.5) is 0 Å². The summed E-state index contributed by atoms with van der Waals surface area (Å²) in [5.41, 5.74) is 30.6. The zero-order valence-corrected chi connectivity index (χ0v) is 64.1. The normalized spacial score (nSPS) is 20.8. The lowest BCUT2D eigenvalue weighted by atomic mass is 9.88. The summed E-state index contributed by atoms with van der Waals surface area (Å²) >= 11 is 0. The number of aliphatic hydroxyl groups is 2. The summed E-state index contributed by atoms with van der Waals surface area (Å²) in [7, 11) is 0. The molecule has 1 fully saturated rings. The lowest BCUT2D eigenvalue weighted by Crippen LogP contribution is -2.57. The van der Waals surface area contributed by atoms with Crippen LogP contribution < -0.4 is 71.2 Å². The minimum atomic E-state index is -1.51. The third-order valence-electron chi connectivity index (χ3n) is 19.4. The van der Waals surface area contributed by atoms with Gasteiger partial charge in [-0.1, -0.05) is 109 Å². The molecule has 0 radical (unpaired) electrons. The number of hydrogen-bond acceptors (Lipinski definition) is 21. The van der Waals surface area contributed by atoms with E-state index >= 15 is 0 Å². The van der Waals surface area contributed by atoms with Crippen molar-refractivity contribution in [3.8, 4) is 0 Å². The first-order valence-electron chi connectivity index (χ1n) is 38.9. The smallest absolute Gasteiger partial charge is 0.243 e. The lowest BCUT2D eigenvalue weighted by molar-refractivity contribution is -0.138. The number of ketones is 6. The highest BCUT2D eigenvalue weighted by Crippen LogP contribution is 2.24. The minimum Gasteiger partial charge on any atom is -0.393 e. The molecule has 1 aromatic rings. The van der Waals surface area contributed by atoms with Crippen molar-refractivity contribution in [1.82, 2.24) is 42.5 Å². The predicted octanol–water partition coefficient (Wildman–Crippen LogP) is 2.44. The van der Waals surface area contributed by atoms with E-state index < -0.39 is 168 Å². The Morgan fingerprint density at radius 1 is 0.538 bits per heavy atom. The van der Waals surface area contributed by atoms with Crippen molar-refractivity contribution in [1.29, 1.82) is 0 Å². The monoisotopic (exact) mass is 1490 g/mol. The van der Waals surface area contributed by atoms with E-state index in [2.05, 4.69) is 49.5 Å². The number of unbranched alkanes of at least 4 members (excludes halogenated alkanes) is 10. The number of rotatable bonds is 48.